The number of amides is 1. The van der Waals surface area contributed by atoms with Crippen molar-refractivity contribution < 1.29 is 22.9 Å². The molecule has 0 spiro atoms. The number of methoxy groups -OCH3 is 1. The first-order valence-electron chi connectivity index (χ1n) is 12.8. The fourth-order valence-electron chi connectivity index (χ4n) is 4.52. The molecule has 0 fully saturated rings. The van der Waals surface area contributed by atoms with E-state index in [1.165, 1.54) is 50.6 Å². The number of hydrogen-bond acceptors (Lipinski definition) is 7. The molecule has 0 unspecified atom stereocenters. The minimum absolute atomic E-state index is 0.0516. The Bertz CT molecular complexity index is 1910. The Morgan fingerprint density at radius 3 is 2.41 bits per heavy atom. The van der Waals surface area contributed by atoms with Gasteiger partial charge in [0.25, 0.3) is 21.6 Å². The normalized spacial score (nSPS) is 11.5. The van der Waals surface area contributed by atoms with Gasteiger partial charge in [0.15, 0.2) is 0 Å². The molecule has 0 aliphatic rings. The first-order chi connectivity index (χ1) is 20.7. The molecule has 0 bridgehead atoms. The number of nitrogens with zero attached hydrogens (tertiary/aromatic N) is 4. The lowest BCUT2D eigenvalue weighted by Gasteiger charge is -2.25. The molecule has 0 aliphatic carbocycles. The van der Waals surface area contributed by atoms with E-state index < -0.39 is 38.0 Å². The summed E-state index contributed by atoms with van der Waals surface area (Å²) < 4.78 is 35.7. The van der Waals surface area contributed by atoms with Crippen LogP contribution in [0.5, 0.6) is 5.75 Å². The summed E-state index contributed by atoms with van der Waals surface area (Å²) in [6, 6.07) is 14.7. The number of benzene rings is 3. The molecule has 1 amide bonds. The number of aromatic nitrogens is 1. The molecule has 4 rings (SSSR count). The van der Waals surface area contributed by atoms with E-state index in [0.29, 0.717) is 21.3 Å². The van der Waals surface area contributed by atoms with E-state index in [2.05, 4.69) is 10.5 Å². The first kappa shape index (κ1) is 32.8. The smallest absolute Gasteiger partial charge is 0.273 e. The monoisotopic (exact) mass is 677 g/mol. The second kappa shape index (κ2) is 13.3. The van der Waals surface area contributed by atoms with Crippen LogP contribution in [-0.4, -0.2) is 43.7 Å². The van der Waals surface area contributed by atoms with Gasteiger partial charge >= 0.3 is 0 Å². The number of ether oxygens (including phenoxy) is 1. The standard InChI is InChI=1S/C29H26Cl3N5O6S/c1-17-5-8-23(14-25(17)37(39)40)44(41,42)35(27-13-22(31)7-10-28(27)43-4)16-29(38)34-33-15-20-11-18(2)36(19(20)3)26-12-21(30)6-9-24(26)32/h5-15H,16H2,1-4H3,(H,34,38)/b33-15-. The van der Waals surface area contributed by atoms with Crippen molar-refractivity contribution in [3.8, 4) is 11.4 Å². The van der Waals surface area contributed by atoms with E-state index in [1.54, 1.807) is 18.2 Å². The van der Waals surface area contributed by atoms with Gasteiger partial charge in [0.2, 0.25) is 0 Å². The Morgan fingerprint density at radius 2 is 1.73 bits per heavy atom. The molecule has 230 valence electrons. The van der Waals surface area contributed by atoms with Crippen molar-refractivity contribution in [2.45, 2.75) is 25.7 Å². The van der Waals surface area contributed by atoms with Crippen LogP contribution < -0.4 is 14.5 Å². The number of halogens is 3. The summed E-state index contributed by atoms with van der Waals surface area (Å²) in [5.41, 5.74) is 5.09. The predicted molar refractivity (Wildman–Crippen MR) is 171 cm³/mol. The molecule has 1 heterocycles. The van der Waals surface area contributed by atoms with Crippen LogP contribution in [0.3, 0.4) is 0 Å². The quantitative estimate of drug-likeness (QED) is 0.114. The molecule has 44 heavy (non-hydrogen) atoms. The van der Waals surface area contributed by atoms with Gasteiger partial charge in [-0.3, -0.25) is 19.2 Å². The molecule has 0 radical (unpaired) electrons. The van der Waals surface area contributed by atoms with E-state index in [0.717, 1.165) is 21.8 Å². The number of hydrazone groups is 1. The SMILES string of the molecule is COc1ccc(Cl)cc1N(CC(=O)N/N=C\c1cc(C)n(-c2cc(Cl)ccc2Cl)c1C)S(=O)(=O)c1ccc(C)c([N+](=O)[O-])c1. The Hall–Kier alpha value is -4.10. The second-order valence-corrected chi connectivity index (χ2v) is 12.7. The number of nitro groups is 1. The molecule has 15 heteroatoms. The number of nitro benzene ring substituents is 1. The van der Waals surface area contributed by atoms with E-state index in [-0.39, 0.29) is 22.0 Å². The highest BCUT2D eigenvalue weighted by Crippen LogP contribution is 2.36. The highest BCUT2D eigenvalue weighted by molar-refractivity contribution is 7.92. The van der Waals surface area contributed by atoms with Gasteiger partial charge in [-0.2, -0.15) is 5.10 Å². The summed E-state index contributed by atoms with van der Waals surface area (Å²) in [6.45, 7) is 4.44. The van der Waals surface area contributed by atoms with Gasteiger partial charge in [-0.1, -0.05) is 40.9 Å². The average molecular weight is 679 g/mol. The van der Waals surface area contributed by atoms with Crippen LogP contribution in [0.4, 0.5) is 11.4 Å². The third-order valence-electron chi connectivity index (χ3n) is 6.67. The molecule has 11 nitrogen and oxygen atoms in total. The number of sulfonamides is 1. The van der Waals surface area contributed by atoms with Crippen molar-refractivity contribution in [3.05, 3.63) is 108 Å². The van der Waals surface area contributed by atoms with Crippen molar-refractivity contribution in [1.29, 1.82) is 0 Å². The van der Waals surface area contributed by atoms with Crippen LogP contribution in [-0.2, 0) is 14.8 Å². The Kier molecular flexibility index (Phi) is 9.89. The summed E-state index contributed by atoms with van der Waals surface area (Å²) in [5.74, 6) is -0.705. The van der Waals surface area contributed by atoms with Crippen LogP contribution in [0.25, 0.3) is 5.69 Å². The van der Waals surface area contributed by atoms with E-state index in [4.69, 9.17) is 39.5 Å². The Labute approximate surface area is 268 Å². The third-order valence-corrected chi connectivity index (χ3v) is 9.22. The number of hydrogen-bond donors (Lipinski definition) is 1. The van der Waals surface area contributed by atoms with Crippen molar-refractivity contribution in [1.82, 2.24) is 9.99 Å². The van der Waals surface area contributed by atoms with Crippen molar-refractivity contribution in [2.24, 2.45) is 5.10 Å². The zero-order valence-electron chi connectivity index (χ0n) is 23.8. The molecule has 1 aromatic heterocycles. The van der Waals surface area contributed by atoms with Gasteiger partial charge in [0.05, 0.1) is 39.5 Å². The van der Waals surface area contributed by atoms with Gasteiger partial charge < -0.3 is 9.30 Å². The number of nitrogens with one attached hydrogen (secondary N) is 1. The van der Waals surface area contributed by atoms with Crippen LogP contribution in [0.1, 0.15) is 22.5 Å². The fraction of sp³-hybridized carbons (Fsp3) is 0.172. The molecular formula is C29H26Cl3N5O6S. The Balaban J connectivity index is 1.66. The highest BCUT2D eigenvalue weighted by atomic mass is 35.5. The zero-order chi connectivity index (χ0) is 32.3. The molecule has 0 aliphatic heterocycles. The number of anilines is 1. The molecule has 1 N–H and O–H groups in total. The summed E-state index contributed by atoms with van der Waals surface area (Å²) >= 11 is 18.7. The maximum absolute atomic E-state index is 13.9. The summed E-state index contributed by atoms with van der Waals surface area (Å²) in [7, 11) is -3.22. The predicted octanol–water partition coefficient (Wildman–Crippen LogP) is 6.63. The highest BCUT2D eigenvalue weighted by Gasteiger charge is 2.31. The van der Waals surface area contributed by atoms with Crippen molar-refractivity contribution in [3.63, 3.8) is 0 Å². The number of aryl methyl sites for hydroxylation is 2. The maximum Gasteiger partial charge on any atom is 0.273 e. The largest absolute Gasteiger partial charge is 0.495 e. The number of carbonyl (C=O) groups is 1. The fourth-order valence-corrected chi connectivity index (χ4v) is 6.50. The van der Waals surface area contributed by atoms with Gasteiger partial charge in [0.1, 0.15) is 12.3 Å². The van der Waals surface area contributed by atoms with Gasteiger partial charge in [-0.05, 0) is 69.3 Å². The summed E-state index contributed by atoms with van der Waals surface area (Å²) in [5, 5.41) is 16.7. The second-order valence-electron chi connectivity index (χ2n) is 9.58. The molecule has 0 saturated carbocycles. The lowest BCUT2D eigenvalue weighted by atomic mass is 10.2. The summed E-state index contributed by atoms with van der Waals surface area (Å²) in [6.07, 6.45) is 1.41. The maximum atomic E-state index is 13.9. The summed E-state index contributed by atoms with van der Waals surface area (Å²) in [4.78, 5) is 23.6. The molecule has 0 atom stereocenters. The Morgan fingerprint density at radius 1 is 1.05 bits per heavy atom. The minimum Gasteiger partial charge on any atom is -0.495 e. The minimum atomic E-state index is -4.54. The van der Waals surface area contributed by atoms with Crippen LogP contribution in [0.15, 0.2) is 70.7 Å². The van der Waals surface area contributed by atoms with Gasteiger partial charge in [-0.25, -0.2) is 13.8 Å². The first-order valence-corrected chi connectivity index (χ1v) is 15.4. The van der Waals surface area contributed by atoms with Crippen LogP contribution in [0.2, 0.25) is 15.1 Å². The van der Waals surface area contributed by atoms with Crippen molar-refractivity contribution in [2.75, 3.05) is 18.0 Å². The van der Waals surface area contributed by atoms with Gasteiger partial charge in [0, 0.05) is 38.6 Å². The van der Waals surface area contributed by atoms with E-state index in [9.17, 15) is 23.3 Å². The molecular weight excluding hydrogens is 653 g/mol. The molecule has 3 aromatic carbocycles. The molecule has 0 saturated heterocycles. The van der Waals surface area contributed by atoms with Gasteiger partial charge in [-0.15, -0.1) is 0 Å². The lowest BCUT2D eigenvalue weighted by Crippen LogP contribution is -2.39. The third kappa shape index (κ3) is 6.83. The topological polar surface area (TPSA) is 136 Å². The van der Waals surface area contributed by atoms with E-state index in [1.807, 2.05) is 24.5 Å². The van der Waals surface area contributed by atoms with Crippen LogP contribution >= 0.6 is 34.8 Å². The zero-order valence-corrected chi connectivity index (χ0v) is 26.9. The lowest BCUT2D eigenvalue weighted by molar-refractivity contribution is -0.385. The average Bonchev–Trinajstić information content (AvgIpc) is 3.25. The van der Waals surface area contributed by atoms with E-state index >= 15 is 0 Å². The van der Waals surface area contributed by atoms with Crippen molar-refractivity contribution >= 4 is 68.3 Å². The van der Waals surface area contributed by atoms with Crippen LogP contribution in [0, 0.1) is 30.9 Å². The molecule has 4 aromatic rings. The number of rotatable bonds is 10. The number of carbonyl (C=O) groups excluding carboxylic acids is 1.